The van der Waals surface area contributed by atoms with Crippen molar-refractivity contribution in [2.24, 2.45) is 11.7 Å². The van der Waals surface area contributed by atoms with Crippen molar-refractivity contribution in [3.8, 4) is 0 Å². The molecule has 2 aliphatic carbocycles. The molecule has 0 heterocycles. The van der Waals surface area contributed by atoms with E-state index in [9.17, 15) is 4.79 Å². The molecule has 3 nitrogen and oxygen atoms in total. The molecule has 3 N–H and O–H groups in total. The van der Waals surface area contributed by atoms with Crippen molar-refractivity contribution in [3.05, 3.63) is 35.4 Å². The molecule has 1 amide bonds. The largest absolute Gasteiger partial charge is 0.348 e. The molecule has 0 saturated heterocycles. The third-order valence-electron chi connectivity index (χ3n) is 5.01. The maximum Gasteiger partial charge on any atom is 0.251 e. The number of amides is 1. The van der Waals surface area contributed by atoms with Gasteiger partial charge in [-0.05, 0) is 55.2 Å². The molecule has 0 aromatic heterocycles. The van der Waals surface area contributed by atoms with Crippen LogP contribution in [0.2, 0.25) is 0 Å². The summed E-state index contributed by atoms with van der Waals surface area (Å²) in [5.41, 5.74) is 7.90. The minimum absolute atomic E-state index is 0. The molecule has 0 spiro atoms. The zero-order valence-electron chi connectivity index (χ0n) is 13.1. The highest BCUT2D eigenvalue weighted by Gasteiger charge is 2.31. The van der Waals surface area contributed by atoms with E-state index in [0.717, 1.165) is 5.56 Å². The van der Waals surface area contributed by atoms with Gasteiger partial charge in [-0.1, -0.05) is 31.4 Å². The van der Waals surface area contributed by atoms with E-state index < -0.39 is 0 Å². The highest BCUT2D eigenvalue weighted by molar-refractivity contribution is 5.94. The van der Waals surface area contributed by atoms with Crippen molar-refractivity contribution < 1.29 is 4.79 Å². The zero-order chi connectivity index (χ0) is 14.7. The van der Waals surface area contributed by atoms with Crippen LogP contribution in [0, 0.1) is 5.92 Å². The zero-order valence-corrected chi connectivity index (χ0v) is 13.9. The van der Waals surface area contributed by atoms with Crippen LogP contribution in [0.1, 0.15) is 66.8 Å². The maximum atomic E-state index is 12.3. The summed E-state index contributed by atoms with van der Waals surface area (Å²) < 4.78 is 0. The second kappa shape index (κ2) is 7.98. The number of carbonyl (C=O) groups excluding carboxylic acids is 1. The molecule has 1 aromatic carbocycles. The van der Waals surface area contributed by atoms with Gasteiger partial charge in [-0.3, -0.25) is 4.79 Å². The molecule has 1 unspecified atom stereocenters. The summed E-state index contributed by atoms with van der Waals surface area (Å²) in [6, 6.07) is 8.37. The Kier molecular flexibility index (Phi) is 6.27. The molecular formula is C18H27ClN2O. The molecule has 0 aliphatic heterocycles. The summed E-state index contributed by atoms with van der Waals surface area (Å²) in [7, 11) is 0. The Morgan fingerprint density at radius 1 is 1.09 bits per heavy atom. The lowest BCUT2D eigenvalue weighted by atomic mass is 9.84. The lowest BCUT2D eigenvalue weighted by molar-refractivity contribution is 0.0933. The highest BCUT2D eigenvalue weighted by Crippen LogP contribution is 2.33. The second-order valence-corrected chi connectivity index (χ2v) is 6.61. The van der Waals surface area contributed by atoms with Crippen LogP contribution in [-0.4, -0.2) is 18.5 Å². The minimum Gasteiger partial charge on any atom is -0.348 e. The molecule has 1 atom stereocenters. The fourth-order valence-corrected chi connectivity index (χ4v) is 3.46. The normalized spacial score (nSPS) is 20.0. The van der Waals surface area contributed by atoms with Crippen molar-refractivity contribution in [3.63, 3.8) is 0 Å². The monoisotopic (exact) mass is 322 g/mol. The first-order valence-corrected chi connectivity index (χ1v) is 8.39. The van der Waals surface area contributed by atoms with Gasteiger partial charge in [0.05, 0.1) is 0 Å². The molecular weight excluding hydrogens is 296 g/mol. The van der Waals surface area contributed by atoms with Crippen molar-refractivity contribution in [2.45, 2.75) is 56.9 Å². The fraction of sp³-hybridized carbons (Fsp3) is 0.611. The summed E-state index contributed by atoms with van der Waals surface area (Å²) in [5, 5.41) is 3.08. The Morgan fingerprint density at radius 3 is 2.27 bits per heavy atom. The Labute approximate surface area is 139 Å². The highest BCUT2D eigenvalue weighted by atomic mass is 35.5. The summed E-state index contributed by atoms with van der Waals surface area (Å²) in [4.78, 5) is 12.3. The van der Waals surface area contributed by atoms with Crippen LogP contribution in [0.5, 0.6) is 0 Å². The Hall–Kier alpha value is -1.06. The topological polar surface area (TPSA) is 55.1 Å². The number of benzene rings is 1. The van der Waals surface area contributed by atoms with E-state index in [1.54, 1.807) is 0 Å². The van der Waals surface area contributed by atoms with E-state index in [1.165, 1.54) is 50.5 Å². The standard InChI is InChI=1S/C18H26N2O.ClH/c19-12-17(15-8-9-15)20-18(21)16-10-6-14(7-11-16)13-4-2-1-3-5-13;/h6-7,10-11,13,15,17H,1-5,8-9,12,19H2,(H,20,21);1H. The Bertz CT molecular complexity index is 478. The lowest BCUT2D eigenvalue weighted by Crippen LogP contribution is -2.41. The van der Waals surface area contributed by atoms with Crippen LogP contribution >= 0.6 is 12.4 Å². The first kappa shape index (κ1) is 17.3. The minimum atomic E-state index is 0. The van der Waals surface area contributed by atoms with Gasteiger partial charge in [-0.15, -0.1) is 12.4 Å². The Morgan fingerprint density at radius 2 is 1.73 bits per heavy atom. The van der Waals surface area contributed by atoms with Crippen molar-refractivity contribution >= 4 is 18.3 Å². The predicted molar refractivity (Wildman–Crippen MR) is 92.5 cm³/mol. The van der Waals surface area contributed by atoms with E-state index >= 15 is 0 Å². The summed E-state index contributed by atoms with van der Waals surface area (Å²) in [6.45, 7) is 0.538. The molecule has 1 aromatic rings. The maximum absolute atomic E-state index is 12.3. The van der Waals surface area contributed by atoms with Gasteiger partial charge in [-0.2, -0.15) is 0 Å². The predicted octanol–water partition coefficient (Wildman–Crippen LogP) is 3.62. The SMILES string of the molecule is Cl.NCC(NC(=O)c1ccc(C2CCCCC2)cc1)C1CC1. The van der Waals surface area contributed by atoms with Crippen LogP contribution in [0.15, 0.2) is 24.3 Å². The molecule has 2 aliphatic rings. The average Bonchev–Trinajstić information content (AvgIpc) is 3.38. The number of hydrogen-bond donors (Lipinski definition) is 2. The van der Waals surface area contributed by atoms with Gasteiger partial charge in [-0.25, -0.2) is 0 Å². The van der Waals surface area contributed by atoms with Gasteiger partial charge in [0.1, 0.15) is 0 Å². The third-order valence-corrected chi connectivity index (χ3v) is 5.01. The van der Waals surface area contributed by atoms with E-state index in [4.69, 9.17) is 5.73 Å². The van der Waals surface area contributed by atoms with Crippen LogP contribution in [-0.2, 0) is 0 Å². The van der Waals surface area contributed by atoms with E-state index in [0.29, 0.717) is 18.4 Å². The quantitative estimate of drug-likeness (QED) is 0.869. The molecule has 2 saturated carbocycles. The third kappa shape index (κ3) is 4.23. The van der Waals surface area contributed by atoms with Gasteiger partial charge in [0.2, 0.25) is 0 Å². The molecule has 0 bridgehead atoms. The van der Waals surface area contributed by atoms with E-state index in [-0.39, 0.29) is 24.4 Å². The first-order valence-electron chi connectivity index (χ1n) is 8.39. The molecule has 3 rings (SSSR count). The van der Waals surface area contributed by atoms with Crippen LogP contribution in [0.4, 0.5) is 0 Å². The average molecular weight is 323 g/mol. The number of nitrogens with one attached hydrogen (secondary N) is 1. The lowest BCUT2D eigenvalue weighted by Gasteiger charge is -2.22. The van der Waals surface area contributed by atoms with Gasteiger partial charge in [0.15, 0.2) is 0 Å². The van der Waals surface area contributed by atoms with Crippen LogP contribution in [0.25, 0.3) is 0 Å². The molecule has 22 heavy (non-hydrogen) atoms. The molecule has 122 valence electrons. The van der Waals surface area contributed by atoms with Crippen molar-refractivity contribution in [1.82, 2.24) is 5.32 Å². The Balaban J connectivity index is 0.00000176. The first-order chi connectivity index (χ1) is 10.3. The van der Waals surface area contributed by atoms with Crippen LogP contribution < -0.4 is 11.1 Å². The van der Waals surface area contributed by atoms with Crippen molar-refractivity contribution in [2.75, 3.05) is 6.54 Å². The molecule has 2 fully saturated rings. The van der Waals surface area contributed by atoms with Gasteiger partial charge in [0.25, 0.3) is 5.91 Å². The number of halogens is 1. The van der Waals surface area contributed by atoms with Gasteiger partial charge >= 0.3 is 0 Å². The summed E-state index contributed by atoms with van der Waals surface area (Å²) >= 11 is 0. The number of nitrogens with two attached hydrogens (primary N) is 1. The number of rotatable bonds is 5. The number of hydrogen-bond acceptors (Lipinski definition) is 2. The molecule has 0 radical (unpaired) electrons. The van der Waals surface area contributed by atoms with Crippen molar-refractivity contribution in [1.29, 1.82) is 0 Å². The smallest absolute Gasteiger partial charge is 0.251 e. The summed E-state index contributed by atoms with van der Waals surface area (Å²) in [5.74, 6) is 1.31. The van der Waals surface area contributed by atoms with Gasteiger partial charge in [0, 0.05) is 18.2 Å². The fourth-order valence-electron chi connectivity index (χ4n) is 3.46. The van der Waals surface area contributed by atoms with Gasteiger partial charge < -0.3 is 11.1 Å². The second-order valence-electron chi connectivity index (χ2n) is 6.61. The molecule has 4 heteroatoms. The van der Waals surface area contributed by atoms with Crippen LogP contribution in [0.3, 0.4) is 0 Å². The number of carbonyl (C=O) groups is 1. The van der Waals surface area contributed by atoms with E-state index in [1.807, 2.05) is 12.1 Å². The van der Waals surface area contributed by atoms with E-state index in [2.05, 4.69) is 17.4 Å². The summed E-state index contributed by atoms with van der Waals surface area (Å²) in [6.07, 6.45) is 9.04.